The average molecular weight is 204 g/mol. The average Bonchev–Trinajstić information content (AvgIpc) is 2.70. The second-order valence-corrected chi connectivity index (χ2v) is 3.27. The van der Waals surface area contributed by atoms with E-state index in [1.54, 1.807) is 30.6 Å². The van der Waals surface area contributed by atoms with Crippen LogP contribution in [-0.2, 0) is 0 Å². The fourth-order valence-corrected chi connectivity index (χ4v) is 1.44. The number of aromatic nitrogens is 2. The summed E-state index contributed by atoms with van der Waals surface area (Å²) < 4.78 is 0. The standard InChI is InChI=1S/C10H8N2OS/c13-9(10-11-5-6-12-10)7-3-1-2-4-8(7)14/h1-6,14H,(H,11,12). The van der Waals surface area contributed by atoms with E-state index >= 15 is 0 Å². The van der Waals surface area contributed by atoms with Gasteiger partial charge in [-0.25, -0.2) is 4.98 Å². The van der Waals surface area contributed by atoms with Crippen molar-refractivity contribution in [2.24, 2.45) is 0 Å². The molecule has 1 N–H and O–H groups in total. The molecule has 0 unspecified atom stereocenters. The van der Waals surface area contributed by atoms with Gasteiger partial charge in [-0.15, -0.1) is 12.6 Å². The third-order valence-corrected chi connectivity index (χ3v) is 2.25. The van der Waals surface area contributed by atoms with Gasteiger partial charge in [0.05, 0.1) is 0 Å². The van der Waals surface area contributed by atoms with Crippen molar-refractivity contribution in [1.29, 1.82) is 0 Å². The molecule has 0 saturated carbocycles. The Hall–Kier alpha value is -1.55. The van der Waals surface area contributed by atoms with Crippen LogP contribution >= 0.6 is 12.6 Å². The molecule has 2 aromatic rings. The summed E-state index contributed by atoms with van der Waals surface area (Å²) in [6.07, 6.45) is 3.17. The van der Waals surface area contributed by atoms with Crippen LogP contribution < -0.4 is 0 Å². The minimum atomic E-state index is -0.138. The molecule has 14 heavy (non-hydrogen) atoms. The first-order chi connectivity index (χ1) is 6.79. The first-order valence-corrected chi connectivity index (χ1v) is 4.56. The van der Waals surface area contributed by atoms with Crippen LogP contribution in [0.15, 0.2) is 41.6 Å². The summed E-state index contributed by atoms with van der Waals surface area (Å²) in [5.41, 5.74) is 0.561. The summed E-state index contributed by atoms with van der Waals surface area (Å²) in [5.74, 6) is 0.201. The summed E-state index contributed by atoms with van der Waals surface area (Å²) in [6.45, 7) is 0. The van der Waals surface area contributed by atoms with Gasteiger partial charge in [-0.2, -0.15) is 0 Å². The van der Waals surface area contributed by atoms with E-state index in [2.05, 4.69) is 22.6 Å². The van der Waals surface area contributed by atoms with Crippen LogP contribution in [0.3, 0.4) is 0 Å². The zero-order valence-corrected chi connectivity index (χ0v) is 8.16. The van der Waals surface area contributed by atoms with Crippen molar-refractivity contribution in [2.75, 3.05) is 0 Å². The molecule has 2 rings (SSSR count). The lowest BCUT2D eigenvalue weighted by Crippen LogP contribution is -2.04. The maximum absolute atomic E-state index is 11.8. The van der Waals surface area contributed by atoms with Crippen LogP contribution in [0.5, 0.6) is 0 Å². The fourth-order valence-electron chi connectivity index (χ4n) is 1.18. The number of imidazole rings is 1. The van der Waals surface area contributed by atoms with Gasteiger partial charge in [0, 0.05) is 22.9 Å². The fraction of sp³-hybridized carbons (Fsp3) is 0. The quantitative estimate of drug-likeness (QED) is 0.580. The maximum atomic E-state index is 11.8. The smallest absolute Gasteiger partial charge is 0.229 e. The Bertz CT molecular complexity index is 451. The largest absolute Gasteiger partial charge is 0.342 e. The molecular formula is C10H8N2OS. The highest BCUT2D eigenvalue weighted by Gasteiger charge is 2.12. The number of carbonyl (C=O) groups excluding carboxylic acids is 1. The molecule has 0 fully saturated rings. The molecule has 0 aliphatic carbocycles. The Morgan fingerprint density at radius 2 is 2.14 bits per heavy atom. The molecule has 1 aromatic carbocycles. The number of H-pyrrole nitrogens is 1. The molecule has 0 aliphatic heterocycles. The molecule has 0 aliphatic rings. The summed E-state index contributed by atoms with van der Waals surface area (Å²) in [5, 5.41) is 0. The van der Waals surface area contributed by atoms with Gasteiger partial charge in [0.1, 0.15) is 0 Å². The predicted octanol–water partition coefficient (Wildman–Crippen LogP) is 1.93. The Balaban J connectivity index is 2.42. The van der Waals surface area contributed by atoms with Crippen LogP contribution in [-0.4, -0.2) is 15.8 Å². The van der Waals surface area contributed by atoms with E-state index in [4.69, 9.17) is 0 Å². The van der Waals surface area contributed by atoms with Crippen molar-refractivity contribution in [3.05, 3.63) is 48.0 Å². The minimum Gasteiger partial charge on any atom is -0.342 e. The predicted molar refractivity (Wildman–Crippen MR) is 55.7 cm³/mol. The molecule has 0 bridgehead atoms. The highest BCUT2D eigenvalue weighted by Crippen LogP contribution is 2.15. The van der Waals surface area contributed by atoms with Crippen molar-refractivity contribution in [3.8, 4) is 0 Å². The molecule has 0 amide bonds. The van der Waals surface area contributed by atoms with E-state index in [1.165, 1.54) is 0 Å². The van der Waals surface area contributed by atoms with Gasteiger partial charge in [-0.1, -0.05) is 12.1 Å². The van der Waals surface area contributed by atoms with E-state index in [-0.39, 0.29) is 5.78 Å². The van der Waals surface area contributed by atoms with Crippen LogP contribution in [0.25, 0.3) is 0 Å². The number of benzene rings is 1. The summed E-state index contributed by atoms with van der Waals surface area (Å²) >= 11 is 4.21. The monoisotopic (exact) mass is 204 g/mol. The molecule has 0 radical (unpaired) electrons. The third kappa shape index (κ3) is 1.56. The molecular weight excluding hydrogens is 196 g/mol. The lowest BCUT2D eigenvalue weighted by Gasteiger charge is -2.00. The van der Waals surface area contributed by atoms with Gasteiger partial charge in [0.2, 0.25) is 5.78 Å². The van der Waals surface area contributed by atoms with E-state index < -0.39 is 0 Å². The zero-order chi connectivity index (χ0) is 9.97. The lowest BCUT2D eigenvalue weighted by atomic mass is 10.1. The zero-order valence-electron chi connectivity index (χ0n) is 7.27. The second kappa shape index (κ2) is 3.67. The minimum absolute atomic E-state index is 0.138. The Labute approximate surface area is 86.6 Å². The number of nitrogens with zero attached hydrogens (tertiary/aromatic N) is 1. The SMILES string of the molecule is O=C(c1ncc[nH]1)c1ccccc1S. The summed E-state index contributed by atoms with van der Waals surface area (Å²) in [6, 6.07) is 7.14. The Kier molecular flexibility index (Phi) is 2.37. The molecule has 0 atom stereocenters. The van der Waals surface area contributed by atoms with E-state index in [9.17, 15) is 4.79 Å². The molecule has 1 aromatic heterocycles. The Morgan fingerprint density at radius 1 is 1.36 bits per heavy atom. The number of rotatable bonds is 2. The Morgan fingerprint density at radius 3 is 2.79 bits per heavy atom. The molecule has 70 valence electrons. The van der Waals surface area contributed by atoms with Gasteiger partial charge in [0.25, 0.3) is 0 Å². The van der Waals surface area contributed by atoms with Gasteiger partial charge in [-0.05, 0) is 12.1 Å². The molecule has 3 nitrogen and oxygen atoms in total. The molecule has 1 heterocycles. The highest BCUT2D eigenvalue weighted by molar-refractivity contribution is 7.80. The van der Waals surface area contributed by atoms with Gasteiger partial charge in [0.15, 0.2) is 5.82 Å². The maximum Gasteiger partial charge on any atom is 0.229 e. The first-order valence-electron chi connectivity index (χ1n) is 4.11. The van der Waals surface area contributed by atoms with Gasteiger partial charge >= 0.3 is 0 Å². The highest BCUT2D eigenvalue weighted by atomic mass is 32.1. The van der Waals surface area contributed by atoms with E-state index in [0.29, 0.717) is 16.3 Å². The second-order valence-electron chi connectivity index (χ2n) is 2.78. The van der Waals surface area contributed by atoms with Crippen molar-refractivity contribution >= 4 is 18.4 Å². The lowest BCUT2D eigenvalue weighted by molar-refractivity contribution is 0.102. The van der Waals surface area contributed by atoms with Crippen molar-refractivity contribution in [2.45, 2.75) is 4.90 Å². The van der Waals surface area contributed by atoms with Crippen LogP contribution in [0.2, 0.25) is 0 Å². The number of hydrogen-bond acceptors (Lipinski definition) is 3. The molecule has 0 saturated heterocycles. The van der Waals surface area contributed by atoms with Crippen LogP contribution in [0.4, 0.5) is 0 Å². The topological polar surface area (TPSA) is 45.8 Å². The van der Waals surface area contributed by atoms with Crippen LogP contribution in [0.1, 0.15) is 16.2 Å². The number of nitrogens with one attached hydrogen (secondary N) is 1. The summed E-state index contributed by atoms with van der Waals surface area (Å²) in [4.78, 5) is 19.1. The normalized spacial score (nSPS) is 10.1. The van der Waals surface area contributed by atoms with Crippen molar-refractivity contribution < 1.29 is 4.79 Å². The van der Waals surface area contributed by atoms with Crippen LogP contribution in [0, 0.1) is 0 Å². The number of hydrogen-bond donors (Lipinski definition) is 2. The van der Waals surface area contributed by atoms with Gasteiger partial charge in [-0.3, -0.25) is 4.79 Å². The van der Waals surface area contributed by atoms with Crippen molar-refractivity contribution in [3.63, 3.8) is 0 Å². The molecule has 4 heteroatoms. The number of thiol groups is 1. The third-order valence-electron chi connectivity index (χ3n) is 1.86. The van der Waals surface area contributed by atoms with Crippen molar-refractivity contribution in [1.82, 2.24) is 9.97 Å². The number of carbonyl (C=O) groups is 1. The van der Waals surface area contributed by atoms with E-state index in [0.717, 1.165) is 0 Å². The molecule has 0 spiro atoms. The number of aromatic amines is 1. The van der Waals surface area contributed by atoms with E-state index in [1.807, 2.05) is 6.07 Å². The summed E-state index contributed by atoms with van der Waals surface area (Å²) in [7, 11) is 0. The van der Waals surface area contributed by atoms with Gasteiger partial charge < -0.3 is 4.98 Å². The first kappa shape index (κ1) is 9.02. The number of ketones is 1.